The highest BCUT2D eigenvalue weighted by Gasteiger charge is 2.55. The molecule has 1 saturated heterocycles. The molecule has 2 amide bonds. The monoisotopic (exact) mass is 632 g/mol. The number of rotatable bonds is 11. The number of amides is 2. The van der Waals surface area contributed by atoms with Gasteiger partial charge in [0.1, 0.15) is 29.2 Å². The average molecular weight is 632 g/mol. The predicted molar refractivity (Wildman–Crippen MR) is 155 cm³/mol. The van der Waals surface area contributed by atoms with Gasteiger partial charge in [0.05, 0.1) is 6.20 Å². The van der Waals surface area contributed by atoms with Crippen molar-refractivity contribution < 1.29 is 32.7 Å². The number of alkyl halides is 1. The second kappa shape index (κ2) is 12.7. The number of imidazole rings is 1. The number of oxime groups is 1. The van der Waals surface area contributed by atoms with E-state index in [1.807, 2.05) is 34.4 Å². The molecule has 1 fully saturated rings. The van der Waals surface area contributed by atoms with Crippen LogP contribution in [0.4, 0.5) is 9.52 Å². The fourth-order valence-corrected chi connectivity index (χ4v) is 6.74. The summed E-state index contributed by atoms with van der Waals surface area (Å²) in [6.07, 6.45) is 3.60. The number of pyridine rings is 1. The minimum atomic E-state index is -1.56. The molecule has 0 saturated carbocycles. The summed E-state index contributed by atoms with van der Waals surface area (Å²) < 4.78 is 26.0. The number of thioether (sulfide) groups is 1. The van der Waals surface area contributed by atoms with Crippen LogP contribution in [0.25, 0.3) is 11.2 Å². The number of aryl methyl sites for hydroxylation is 1. The van der Waals surface area contributed by atoms with Crippen molar-refractivity contribution in [2.75, 3.05) is 31.6 Å². The molecule has 5 rings (SSSR count). The summed E-state index contributed by atoms with van der Waals surface area (Å²) in [5.74, 6) is -1.83. The van der Waals surface area contributed by atoms with Gasteiger partial charge < -0.3 is 24.6 Å². The molecule has 3 aromatic rings. The number of hydrogen-bond acceptors (Lipinski definition) is 12. The van der Waals surface area contributed by atoms with Gasteiger partial charge in [0.15, 0.2) is 7.57 Å². The van der Waals surface area contributed by atoms with Crippen molar-refractivity contribution in [2.45, 2.75) is 31.4 Å². The Morgan fingerprint density at radius 3 is 2.90 bits per heavy atom. The molecule has 3 aromatic heterocycles. The number of carbonyl (C=O) groups excluding carboxylic acids is 3. The molecule has 2 aliphatic rings. The van der Waals surface area contributed by atoms with E-state index >= 15 is 0 Å². The first kappa shape index (κ1) is 29.9. The maximum Gasteiger partial charge on any atom is 0.357 e. The van der Waals surface area contributed by atoms with Gasteiger partial charge in [0.2, 0.25) is 23.0 Å². The maximum absolute atomic E-state index is 13.4. The summed E-state index contributed by atoms with van der Waals surface area (Å²) in [5, 5.41) is 8.68. The van der Waals surface area contributed by atoms with Crippen molar-refractivity contribution in [3.8, 4) is 0 Å². The quantitative estimate of drug-likeness (QED) is 0.0778. The van der Waals surface area contributed by atoms with Crippen LogP contribution in [0, 0.1) is 0 Å². The number of nitrogens with zero attached hydrogens (tertiary/aromatic N) is 7. The second-order valence-corrected chi connectivity index (χ2v) is 12.1. The molecule has 0 aromatic carbocycles. The average Bonchev–Trinajstić information content (AvgIpc) is 3.63. The van der Waals surface area contributed by atoms with Crippen molar-refractivity contribution in [2.24, 2.45) is 5.16 Å². The molecule has 2 radical (unpaired) electrons. The van der Waals surface area contributed by atoms with Crippen LogP contribution in [0.15, 0.2) is 41.1 Å². The fourth-order valence-electron chi connectivity index (χ4n) is 4.54. The van der Waals surface area contributed by atoms with E-state index in [4.69, 9.17) is 12.1 Å². The first-order valence-corrected chi connectivity index (χ1v) is 16.2. The third-order valence-electron chi connectivity index (χ3n) is 6.38. The first-order valence-electron chi connectivity index (χ1n) is 12.6. The number of carbonyl (C=O) groups is 3. The van der Waals surface area contributed by atoms with Crippen LogP contribution < -0.4 is 15.2 Å². The zero-order valence-electron chi connectivity index (χ0n) is 22.7. The van der Waals surface area contributed by atoms with Crippen LogP contribution in [0.5, 0.6) is 0 Å². The molecular formula is C23H25BFN9O5PS2+. The smallest absolute Gasteiger partial charge is 0.357 e. The van der Waals surface area contributed by atoms with E-state index in [-0.39, 0.29) is 18.1 Å². The fraction of sp³-hybridized carbons (Fsp3) is 0.391. The van der Waals surface area contributed by atoms with Crippen LogP contribution in [0.1, 0.15) is 12.7 Å². The molecule has 2 aliphatic heterocycles. The van der Waals surface area contributed by atoms with E-state index < -0.39 is 49.8 Å². The van der Waals surface area contributed by atoms with E-state index in [9.17, 15) is 18.8 Å². The summed E-state index contributed by atoms with van der Waals surface area (Å²) in [7, 11) is 5.87. The molecule has 3 unspecified atom stereocenters. The summed E-state index contributed by atoms with van der Waals surface area (Å²) in [6.45, 7) is 3.33. The van der Waals surface area contributed by atoms with Gasteiger partial charge in [-0.3, -0.25) is 14.5 Å². The van der Waals surface area contributed by atoms with E-state index in [2.05, 4.69) is 35.0 Å². The van der Waals surface area contributed by atoms with Crippen molar-refractivity contribution in [3.63, 3.8) is 0 Å². The Kier molecular flexibility index (Phi) is 9.03. The highest BCUT2D eigenvalue weighted by Crippen LogP contribution is 2.42. The van der Waals surface area contributed by atoms with Crippen LogP contribution in [0.3, 0.4) is 0 Å². The molecule has 42 heavy (non-hydrogen) atoms. The van der Waals surface area contributed by atoms with Crippen molar-refractivity contribution >= 4 is 78.7 Å². The normalized spacial score (nSPS) is 19.3. The topological polar surface area (TPSA) is 157 Å². The second-order valence-electron chi connectivity index (χ2n) is 8.96. The minimum Gasteiger partial charge on any atom is -0.452 e. The number of halogens is 1. The molecule has 14 nitrogen and oxygen atoms in total. The molecule has 0 spiro atoms. The lowest BCUT2D eigenvalue weighted by atomic mass is 10.0. The van der Waals surface area contributed by atoms with Gasteiger partial charge >= 0.3 is 11.6 Å². The van der Waals surface area contributed by atoms with Gasteiger partial charge in [-0.05, 0) is 30.7 Å². The number of hydrogen-bond donors (Lipinski definition) is 2. The van der Waals surface area contributed by atoms with Gasteiger partial charge in [0.25, 0.3) is 18.7 Å². The van der Waals surface area contributed by atoms with Gasteiger partial charge in [-0.1, -0.05) is 5.16 Å². The zero-order valence-corrected chi connectivity index (χ0v) is 25.2. The third kappa shape index (κ3) is 5.70. The first-order chi connectivity index (χ1) is 20.3. The summed E-state index contributed by atoms with van der Waals surface area (Å²) in [4.78, 5) is 54.3. The lowest BCUT2D eigenvalue weighted by molar-refractivity contribution is -0.664. The molecule has 218 valence electrons. The van der Waals surface area contributed by atoms with Crippen molar-refractivity contribution in [1.82, 2.24) is 29.1 Å². The molecule has 2 N–H and O–H groups in total. The Morgan fingerprint density at radius 1 is 1.40 bits per heavy atom. The van der Waals surface area contributed by atoms with Gasteiger partial charge in [-0.25, -0.2) is 13.8 Å². The molecule has 0 bridgehead atoms. The summed E-state index contributed by atoms with van der Waals surface area (Å²) >= 11 is 2.33. The summed E-state index contributed by atoms with van der Waals surface area (Å²) in [6, 6.07) is 2.84. The SMILES string of the molecule is [B]P(C)OC(=O)C1=C(C[n+]2cccc3c2ncn3CC)CSC2C(NC(=O)/C(=N/OCF)c3nsc(NC)n3)C(=O)N12. The Hall–Kier alpha value is -3.63. The number of aromatic nitrogens is 5. The summed E-state index contributed by atoms with van der Waals surface area (Å²) in [5.41, 5.74) is 1.98. The Bertz CT molecular complexity index is 1600. The van der Waals surface area contributed by atoms with E-state index in [1.165, 1.54) is 16.7 Å². The lowest BCUT2D eigenvalue weighted by Gasteiger charge is -2.49. The van der Waals surface area contributed by atoms with Crippen molar-refractivity contribution in [3.05, 3.63) is 41.8 Å². The number of nitrogens with one attached hydrogen (secondary N) is 2. The molecule has 0 aliphatic carbocycles. The molecule has 5 heterocycles. The van der Waals surface area contributed by atoms with Crippen LogP contribution in [-0.2, 0) is 36.8 Å². The molecule has 3 atom stereocenters. The Morgan fingerprint density at radius 2 is 2.21 bits per heavy atom. The van der Waals surface area contributed by atoms with E-state index in [1.54, 1.807) is 20.0 Å². The number of fused-ring (bicyclic) bond motifs is 2. The van der Waals surface area contributed by atoms with Crippen LogP contribution in [0.2, 0.25) is 0 Å². The lowest BCUT2D eigenvalue weighted by Crippen LogP contribution is -2.71. The predicted octanol–water partition coefficient (Wildman–Crippen LogP) is 0.892. The third-order valence-corrected chi connectivity index (χ3v) is 8.90. The molecule has 19 heteroatoms. The minimum absolute atomic E-state index is 0.0861. The van der Waals surface area contributed by atoms with E-state index in [0.717, 1.165) is 29.2 Å². The maximum atomic E-state index is 13.4. The van der Waals surface area contributed by atoms with Crippen molar-refractivity contribution in [1.29, 1.82) is 0 Å². The standard InChI is InChI=1S/C23H24BFN9O5PS2/c1-4-32-11-27-18-13(32)6-5-7-33(18)8-12-9-41-21-15(20(36)34(21)16(12)22(37)39-40(3)24)28-19(35)14(30-38-10-25)17-29-23(26-2)42-31-17/h5-7,11,15,21H,4,8-10H2,1-3H3,(H-,26,28,29,31,35)/p+1/b30-14+. The van der Waals surface area contributed by atoms with Crippen LogP contribution >= 0.6 is 31.3 Å². The molecular weight excluding hydrogens is 607 g/mol. The van der Waals surface area contributed by atoms with Crippen LogP contribution in [-0.4, -0.2) is 92.6 Å². The number of β-lactam (4-membered cyclic amide) rings is 1. The highest BCUT2D eigenvalue weighted by atomic mass is 32.2. The number of anilines is 1. The Balaban J connectivity index is 1.42. The van der Waals surface area contributed by atoms with Gasteiger partial charge in [-0.2, -0.15) is 9.36 Å². The van der Waals surface area contributed by atoms with E-state index in [0.29, 0.717) is 16.5 Å². The Labute approximate surface area is 250 Å². The van der Waals surface area contributed by atoms with Gasteiger partial charge in [-0.15, -0.1) is 11.8 Å². The van der Waals surface area contributed by atoms with Gasteiger partial charge in [0, 0.05) is 44.5 Å². The largest absolute Gasteiger partial charge is 0.452 e. The zero-order chi connectivity index (χ0) is 30.0. The highest BCUT2D eigenvalue weighted by molar-refractivity contribution is 8.00.